The molecule has 0 aromatic rings. The molecule has 0 aliphatic carbocycles. The van der Waals surface area contributed by atoms with Crippen molar-refractivity contribution in [2.45, 2.75) is 13.0 Å². The molecule has 0 aliphatic heterocycles. The van der Waals surface area contributed by atoms with Gasteiger partial charge in [-0.1, -0.05) is 0 Å². The van der Waals surface area contributed by atoms with Crippen molar-refractivity contribution in [3.05, 3.63) is 0 Å². The highest BCUT2D eigenvalue weighted by Crippen LogP contribution is 1.82. The van der Waals surface area contributed by atoms with Crippen molar-refractivity contribution in [2.75, 3.05) is 47.6 Å². The number of hydrogen-bond acceptors (Lipinski definition) is 4. The number of hydrogen-bond donors (Lipinski definition) is 3. The number of amides is 1. The first-order chi connectivity index (χ1) is 8.63. The summed E-state index contributed by atoms with van der Waals surface area (Å²) in [7, 11) is 4.88. The molecular formula is C11H25IN4O3. The van der Waals surface area contributed by atoms with Crippen molar-refractivity contribution in [3.63, 3.8) is 0 Å². The van der Waals surface area contributed by atoms with E-state index in [-0.39, 0.29) is 42.5 Å². The third-order valence-electron chi connectivity index (χ3n) is 2.07. The summed E-state index contributed by atoms with van der Waals surface area (Å²) in [5.74, 6) is 0.468. The summed E-state index contributed by atoms with van der Waals surface area (Å²) in [6, 6.07) is 0.123. The minimum Gasteiger partial charge on any atom is -0.383 e. The van der Waals surface area contributed by atoms with E-state index in [0.29, 0.717) is 25.7 Å². The van der Waals surface area contributed by atoms with Gasteiger partial charge in [-0.2, -0.15) is 0 Å². The Hall–Kier alpha value is -0.610. The van der Waals surface area contributed by atoms with Crippen LogP contribution in [-0.2, 0) is 14.3 Å². The number of methoxy groups -OCH3 is 2. The Labute approximate surface area is 131 Å². The molecule has 0 spiro atoms. The monoisotopic (exact) mass is 388 g/mol. The van der Waals surface area contributed by atoms with E-state index in [1.54, 1.807) is 21.3 Å². The second-order valence-corrected chi connectivity index (χ2v) is 3.77. The smallest absolute Gasteiger partial charge is 0.239 e. The number of ether oxygens (including phenoxy) is 2. The van der Waals surface area contributed by atoms with Crippen LogP contribution in [0.2, 0.25) is 0 Å². The normalized spacial score (nSPS) is 12.3. The molecule has 7 nitrogen and oxygen atoms in total. The maximum absolute atomic E-state index is 11.4. The fourth-order valence-corrected chi connectivity index (χ4v) is 1.24. The van der Waals surface area contributed by atoms with Gasteiger partial charge in [-0.05, 0) is 6.92 Å². The maximum Gasteiger partial charge on any atom is 0.239 e. The van der Waals surface area contributed by atoms with Crippen LogP contribution in [-0.4, -0.2) is 65.5 Å². The molecule has 0 heterocycles. The maximum atomic E-state index is 11.4. The number of nitrogens with zero attached hydrogens (tertiary/aromatic N) is 1. The topological polar surface area (TPSA) is 84.0 Å². The van der Waals surface area contributed by atoms with Crippen LogP contribution in [0.25, 0.3) is 0 Å². The first-order valence-corrected chi connectivity index (χ1v) is 5.85. The number of halogens is 1. The van der Waals surface area contributed by atoms with Gasteiger partial charge < -0.3 is 25.4 Å². The minimum atomic E-state index is -0.102. The van der Waals surface area contributed by atoms with Gasteiger partial charge in [-0.3, -0.25) is 9.79 Å². The molecule has 0 fully saturated rings. The molecule has 0 radical (unpaired) electrons. The zero-order chi connectivity index (χ0) is 13.8. The number of nitrogens with one attached hydrogen (secondary N) is 3. The molecule has 1 amide bonds. The van der Waals surface area contributed by atoms with Crippen LogP contribution in [0.3, 0.4) is 0 Å². The lowest BCUT2D eigenvalue weighted by atomic mass is 10.4. The quantitative estimate of drug-likeness (QED) is 0.228. The van der Waals surface area contributed by atoms with Crippen LogP contribution >= 0.6 is 24.0 Å². The first-order valence-electron chi connectivity index (χ1n) is 5.85. The fraction of sp³-hybridized carbons (Fsp3) is 0.818. The van der Waals surface area contributed by atoms with E-state index < -0.39 is 0 Å². The lowest BCUT2D eigenvalue weighted by Gasteiger charge is -2.16. The average Bonchev–Trinajstić information content (AvgIpc) is 2.35. The van der Waals surface area contributed by atoms with Gasteiger partial charge in [-0.15, -0.1) is 24.0 Å². The summed E-state index contributed by atoms with van der Waals surface area (Å²) in [6.07, 6.45) is 0. The zero-order valence-corrected chi connectivity index (χ0v) is 14.3. The Morgan fingerprint density at radius 2 is 1.95 bits per heavy atom. The van der Waals surface area contributed by atoms with Crippen molar-refractivity contribution < 1.29 is 14.3 Å². The third kappa shape index (κ3) is 12.2. The van der Waals surface area contributed by atoms with Gasteiger partial charge in [0.05, 0.1) is 19.8 Å². The summed E-state index contributed by atoms with van der Waals surface area (Å²) in [6.45, 7) is 3.71. The van der Waals surface area contributed by atoms with Gasteiger partial charge >= 0.3 is 0 Å². The molecule has 0 saturated carbocycles. The van der Waals surface area contributed by atoms with E-state index in [2.05, 4.69) is 20.9 Å². The molecule has 8 heteroatoms. The van der Waals surface area contributed by atoms with Crippen LogP contribution in [0.15, 0.2) is 4.99 Å². The number of aliphatic imine (C=N–C) groups is 1. The predicted molar refractivity (Wildman–Crippen MR) is 86.1 cm³/mol. The first kappa shape index (κ1) is 20.7. The Bertz CT molecular complexity index is 264. The zero-order valence-electron chi connectivity index (χ0n) is 12.0. The highest BCUT2D eigenvalue weighted by atomic mass is 127. The Morgan fingerprint density at radius 3 is 2.47 bits per heavy atom. The van der Waals surface area contributed by atoms with E-state index in [4.69, 9.17) is 9.47 Å². The SMILES string of the molecule is CN=C(NCC(=O)NCCOC)NC(C)COC.I. The lowest BCUT2D eigenvalue weighted by Crippen LogP contribution is -2.47. The van der Waals surface area contributed by atoms with Crippen molar-refractivity contribution in [1.29, 1.82) is 0 Å². The third-order valence-corrected chi connectivity index (χ3v) is 2.07. The van der Waals surface area contributed by atoms with Gasteiger partial charge in [0.2, 0.25) is 5.91 Å². The second kappa shape index (κ2) is 13.8. The van der Waals surface area contributed by atoms with Crippen LogP contribution in [0, 0.1) is 0 Å². The largest absolute Gasteiger partial charge is 0.383 e. The molecular weight excluding hydrogens is 363 g/mol. The number of guanidine groups is 1. The number of rotatable bonds is 8. The fourth-order valence-electron chi connectivity index (χ4n) is 1.24. The standard InChI is InChI=1S/C11H24N4O3.HI/c1-9(8-18-4)15-11(12-2)14-7-10(16)13-5-6-17-3;/h9H,5-8H2,1-4H3,(H,13,16)(H2,12,14,15);1H. The highest BCUT2D eigenvalue weighted by molar-refractivity contribution is 14.0. The van der Waals surface area contributed by atoms with Crippen molar-refractivity contribution in [3.8, 4) is 0 Å². The van der Waals surface area contributed by atoms with E-state index in [9.17, 15) is 4.79 Å². The molecule has 19 heavy (non-hydrogen) atoms. The van der Waals surface area contributed by atoms with Crippen LogP contribution in [0.5, 0.6) is 0 Å². The molecule has 1 atom stereocenters. The van der Waals surface area contributed by atoms with Gasteiger partial charge in [0.25, 0.3) is 0 Å². The molecule has 0 aliphatic rings. The second-order valence-electron chi connectivity index (χ2n) is 3.77. The number of carbonyl (C=O) groups is 1. The molecule has 114 valence electrons. The van der Waals surface area contributed by atoms with E-state index in [1.807, 2.05) is 6.92 Å². The van der Waals surface area contributed by atoms with Gasteiger partial charge in [0, 0.05) is 33.9 Å². The highest BCUT2D eigenvalue weighted by Gasteiger charge is 2.06. The van der Waals surface area contributed by atoms with Crippen LogP contribution in [0.4, 0.5) is 0 Å². The molecule has 0 rings (SSSR count). The van der Waals surface area contributed by atoms with E-state index >= 15 is 0 Å². The van der Waals surface area contributed by atoms with Crippen molar-refractivity contribution in [2.24, 2.45) is 4.99 Å². The number of carbonyl (C=O) groups excluding carboxylic acids is 1. The van der Waals surface area contributed by atoms with Crippen LogP contribution in [0.1, 0.15) is 6.92 Å². The Morgan fingerprint density at radius 1 is 1.26 bits per heavy atom. The molecule has 0 aromatic carbocycles. The van der Waals surface area contributed by atoms with Gasteiger partial charge in [0.1, 0.15) is 0 Å². The van der Waals surface area contributed by atoms with Crippen LogP contribution < -0.4 is 16.0 Å². The summed E-state index contributed by atoms with van der Waals surface area (Å²) < 4.78 is 9.84. The average molecular weight is 388 g/mol. The predicted octanol–water partition coefficient (Wildman–Crippen LogP) is -0.433. The van der Waals surface area contributed by atoms with E-state index in [0.717, 1.165) is 0 Å². The molecule has 0 bridgehead atoms. The van der Waals surface area contributed by atoms with Gasteiger partial charge in [-0.25, -0.2) is 0 Å². The molecule has 0 aromatic heterocycles. The Kier molecular flexibility index (Phi) is 15.1. The van der Waals surface area contributed by atoms with Crippen molar-refractivity contribution >= 4 is 35.8 Å². The molecule has 1 unspecified atom stereocenters. The summed E-state index contributed by atoms with van der Waals surface area (Å²) in [5, 5.41) is 8.72. The van der Waals surface area contributed by atoms with Gasteiger partial charge in [0.15, 0.2) is 5.96 Å². The lowest BCUT2D eigenvalue weighted by molar-refractivity contribution is -0.120. The summed E-state index contributed by atoms with van der Waals surface area (Å²) >= 11 is 0. The van der Waals surface area contributed by atoms with E-state index in [1.165, 1.54) is 0 Å². The minimum absolute atomic E-state index is 0. The summed E-state index contributed by atoms with van der Waals surface area (Å²) in [5.41, 5.74) is 0. The molecule has 3 N–H and O–H groups in total. The summed E-state index contributed by atoms with van der Waals surface area (Å²) in [4.78, 5) is 15.4. The Balaban J connectivity index is 0. The molecule has 0 saturated heterocycles. The van der Waals surface area contributed by atoms with Crippen molar-refractivity contribution in [1.82, 2.24) is 16.0 Å².